The molecule has 2 N–H and O–H groups in total. The van der Waals surface area contributed by atoms with Crippen LogP contribution in [0.2, 0.25) is 5.02 Å². The third-order valence-electron chi connectivity index (χ3n) is 2.85. The van der Waals surface area contributed by atoms with Crippen LogP contribution in [0.3, 0.4) is 0 Å². The van der Waals surface area contributed by atoms with Crippen LogP contribution in [-0.2, 0) is 4.79 Å². The number of amides is 1. The summed E-state index contributed by atoms with van der Waals surface area (Å²) < 4.78 is 13.5. The number of benzene rings is 1. The molecule has 0 aliphatic rings. The highest BCUT2D eigenvalue weighted by atomic mass is 35.5. The lowest BCUT2D eigenvalue weighted by Gasteiger charge is -2.17. The van der Waals surface area contributed by atoms with E-state index in [-0.39, 0.29) is 24.1 Å². The second kappa shape index (κ2) is 8.19. The van der Waals surface area contributed by atoms with Crippen molar-refractivity contribution < 1.29 is 14.3 Å². The van der Waals surface area contributed by atoms with Gasteiger partial charge in [0.1, 0.15) is 5.82 Å². The minimum Gasteiger partial charge on any atom is -0.393 e. The SMILES string of the molecule is CC(O)CCN(C)CCC(=O)Nc1ccc(Cl)cc1F. The minimum atomic E-state index is -0.548. The van der Waals surface area contributed by atoms with Gasteiger partial charge in [0.05, 0.1) is 11.8 Å². The van der Waals surface area contributed by atoms with Crippen molar-refractivity contribution >= 4 is 23.2 Å². The maximum Gasteiger partial charge on any atom is 0.225 e. The first-order valence-corrected chi connectivity index (χ1v) is 6.88. The highest BCUT2D eigenvalue weighted by molar-refractivity contribution is 6.30. The zero-order valence-corrected chi connectivity index (χ0v) is 12.5. The van der Waals surface area contributed by atoms with Gasteiger partial charge in [-0.1, -0.05) is 11.6 Å². The van der Waals surface area contributed by atoms with E-state index >= 15 is 0 Å². The maximum absolute atomic E-state index is 13.5. The summed E-state index contributed by atoms with van der Waals surface area (Å²) in [4.78, 5) is 13.7. The van der Waals surface area contributed by atoms with Gasteiger partial charge in [-0.05, 0) is 38.6 Å². The quantitative estimate of drug-likeness (QED) is 0.814. The molecule has 1 rings (SSSR count). The first-order valence-electron chi connectivity index (χ1n) is 6.50. The Hall–Kier alpha value is -1.17. The maximum atomic E-state index is 13.5. The number of carbonyl (C=O) groups is 1. The van der Waals surface area contributed by atoms with Gasteiger partial charge in [-0.25, -0.2) is 4.39 Å². The molecule has 0 aliphatic heterocycles. The van der Waals surface area contributed by atoms with E-state index in [1.54, 1.807) is 6.92 Å². The zero-order valence-electron chi connectivity index (χ0n) is 11.7. The van der Waals surface area contributed by atoms with E-state index < -0.39 is 5.82 Å². The van der Waals surface area contributed by atoms with Crippen LogP contribution in [0, 0.1) is 5.82 Å². The van der Waals surface area contributed by atoms with Crippen molar-refractivity contribution in [1.82, 2.24) is 4.90 Å². The van der Waals surface area contributed by atoms with Crippen molar-refractivity contribution in [3.05, 3.63) is 29.0 Å². The molecule has 4 nitrogen and oxygen atoms in total. The Morgan fingerprint density at radius 1 is 1.50 bits per heavy atom. The summed E-state index contributed by atoms with van der Waals surface area (Å²) in [6, 6.07) is 4.12. The fourth-order valence-corrected chi connectivity index (χ4v) is 1.77. The van der Waals surface area contributed by atoms with E-state index in [0.717, 1.165) is 6.07 Å². The van der Waals surface area contributed by atoms with Crippen LogP contribution in [0.15, 0.2) is 18.2 Å². The first kappa shape index (κ1) is 16.9. The molecule has 0 aliphatic carbocycles. The summed E-state index contributed by atoms with van der Waals surface area (Å²) in [6.45, 7) is 2.98. The van der Waals surface area contributed by atoms with E-state index in [1.807, 2.05) is 11.9 Å². The molecule has 6 heteroatoms. The fraction of sp³-hybridized carbons (Fsp3) is 0.500. The summed E-state index contributed by atoms with van der Waals surface area (Å²) in [5.41, 5.74) is 0.131. The van der Waals surface area contributed by atoms with Crippen molar-refractivity contribution in [2.75, 3.05) is 25.5 Å². The summed E-state index contributed by atoms with van der Waals surface area (Å²) in [7, 11) is 1.87. The summed E-state index contributed by atoms with van der Waals surface area (Å²) in [6.07, 6.45) is 0.567. The molecule has 0 saturated heterocycles. The lowest BCUT2D eigenvalue weighted by atomic mass is 10.2. The number of carbonyl (C=O) groups excluding carboxylic acids is 1. The number of anilines is 1. The third-order valence-corrected chi connectivity index (χ3v) is 3.09. The number of aliphatic hydroxyl groups is 1. The predicted octanol–water partition coefficient (Wildman–Crippen LogP) is 2.51. The topological polar surface area (TPSA) is 52.6 Å². The predicted molar refractivity (Wildman–Crippen MR) is 78.5 cm³/mol. The van der Waals surface area contributed by atoms with E-state index in [9.17, 15) is 9.18 Å². The summed E-state index contributed by atoms with van der Waals surface area (Å²) in [5, 5.41) is 12.0. The largest absolute Gasteiger partial charge is 0.393 e. The van der Waals surface area contributed by atoms with E-state index in [4.69, 9.17) is 16.7 Å². The van der Waals surface area contributed by atoms with Crippen molar-refractivity contribution in [3.8, 4) is 0 Å². The second-order valence-electron chi connectivity index (χ2n) is 4.86. The number of aliphatic hydroxyl groups excluding tert-OH is 1. The van der Waals surface area contributed by atoms with Gasteiger partial charge in [-0.2, -0.15) is 0 Å². The molecule has 0 aromatic heterocycles. The number of nitrogens with one attached hydrogen (secondary N) is 1. The van der Waals surface area contributed by atoms with Gasteiger partial charge >= 0.3 is 0 Å². The van der Waals surface area contributed by atoms with E-state index in [1.165, 1.54) is 12.1 Å². The van der Waals surface area contributed by atoms with Crippen molar-refractivity contribution in [2.45, 2.75) is 25.9 Å². The third kappa shape index (κ3) is 6.32. The van der Waals surface area contributed by atoms with E-state index in [2.05, 4.69) is 5.32 Å². The standard InChI is InChI=1S/C14H20ClFN2O2/c1-10(19)5-7-18(2)8-6-14(20)17-13-4-3-11(15)9-12(13)16/h3-4,9-10,19H,5-8H2,1-2H3,(H,17,20). The van der Waals surface area contributed by atoms with Gasteiger partial charge in [0.2, 0.25) is 5.91 Å². The highest BCUT2D eigenvalue weighted by Gasteiger charge is 2.09. The molecule has 0 spiro atoms. The number of nitrogens with zero attached hydrogens (tertiary/aromatic N) is 1. The van der Waals surface area contributed by atoms with Crippen molar-refractivity contribution in [3.63, 3.8) is 0 Å². The molecule has 0 bridgehead atoms. The van der Waals surface area contributed by atoms with Gasteiger partial charge < -0.3 is 15.3 Å². The van der Waals surface area contributed by atoms with Crippen LogP contribution in [0.5, 0.6) is 0 Å². The van der Waals surface area contributed by atoms with Crippen LogP contribution < -0.4 is 5.32 Å². The Balaban J connectivity index is 2.36. The molecule has 0 heterocycles. The lowest BCUT2D eigenvalue weighted by molar-refractivity contribution is -0.116. The van der Waals surface area contributed by atoms with Crippen LogP contribution in [-0.4, -0.2) is 42.2 Å². The monoisotopic (exact) mass is 302 g/mol. The molecule has 1 unspecified atom stereocenters. The Morgan fingerprint density at radius 3 is 2.80 bits per heavy atom. The van der Waals surface area contributed by atoms with Gasteiger partial charge in [0.15, 0.2) is 0 Å². The Bertz CT molecular complexity index is 455. The molecule has 0 fully saturated rings. The van der Waals surface area contributed by atoms with E-state index in [0.29, 0.717) is 24.5 Å². The molecule has 1 aromatic rings. The molecule has 1 aromatic carbocycles. The van der Waals surface area contributed by atoms with Crippen LogP contribution in [0.4, 0.5) is 10.1 Å². The smallest absolute Gasteiger partial charge is 0.225 e. The van der Waals surface area contributed by atoms with Crippen molar-refractivity contribution in [2.24, 2.45) is 0 Å². The normalized spacial score (nSPS) is 12.5. The number of hydrogen-bond donors (Lipinski definition) is 2. The second-order valence-corrected chi connectivity index (χ2v) is 5.30. The average molecular weight is 303 g/mol. The van der Waals surface area contributed by atoms with Crippen molar-refractivity contribution in [1.29, 1.82) is 0 Å². The van der Waals surface area contributed by atoms with Gasteiger partial charge in [0, 0.05) is 24.5 Å². The molecule has 1 amide bonds. The first-order chi connectivity index (χ1) is 9.38. The fourth-order valence-electron chi connectivity index (χ4n) is 1.61. The Kier molecular flexibility index (Phi) is 6.91. The van der Waals surface area contributed by atoms with Crippen LogP contribution >= 0.6 is 11.6 Å². The number of rotatable bonds is 7. The van der Waals surface area contributed by atoms with Gasteiger partial charge in [0.25, 0.3) is 0 Å². The molecule has 0 saturated carbocycles. The molecular formula is C14H20ClFN2O2. The minimum absolute atomic E-state index is 0.131. The molecule has 20 heavy (non-hydrogen) atoms. The molecule has 1 atom stereocenters. The molecule has 112 valence electrons. The van der Waals surface area contributed by atoms with Gasteiger partial charge in [-0.15, -0.1) is 0 Å². The van der Waals surface area contributed by atoms with Gasteiger partial charge in [-0.3, -0.25) is 4.79 Å². The average Bonchev–Trinajstić information content (AvgIpc) is 2.37. The summed E-state index contributed by atoms with van der Waals surface area (Å²) >= 11 is 5.64. The Morgan fingerprint density at radius 2 is 2.20 bits per heavy atom. The van der Waals surface area contributed by atoms with Crippen LogP contribution in [0.25, 0.3) is 0 Å². The lowest BCUT2D eigenvalue weighted by Crippen LogP contribution is -2.27. The van der Waals surface area contributed by atoms with Crippen LogP contribution in [0.1, 0.15) is 19.8 Å². The Labute approximate surface area is 123 Å². The highest BCUT2D eigenvalue weighted by Crippen LogP contribution is 2.18. The molecular weight excluding hydrogens is 283 g/mol. The number of hydrogen-bond acceptors (Lipinski definition) is 3. The summed E-state index contributed by atoms with van der Waals surface area (Å²) in [5.74, 6) is -0.802. The zero-order chi connectivity index (χ0) is 15.1. The number of halogens is 2. The molecule has 0 radical (unpaired) electrons.